The maximum absolute atomic E-state index is 13.2. The van der Waals surface area contributed by atoms with Gasteiger partial charge in [-0.25, -0.2) is 8.42 Å². The average Bonchev–Trinajstić information content (AvgIpc) is 2.60. The third kappa shape index (κ3) is 4.28. The number of anilines is 1. The Balaban J connectivity index is 1.69. The number of hydrogen-bond donors (Lipinski definition) is 1. The fourth-order valence-corrected chi connectivity index (χ4v) is 5.91. The normalized spacial score (nSPS) is 16.1. The summed E-state index contributed by atoms with van der Waals surface area (Å²) in [5.74, 6) is -0.211. The summed E-state index contributed by atoms with van der Waals surface area (Å²) >= 11 is 0. The Bertz CT molecular complexity index is 968. The molecular weight excluding hydrogens is 372 g/mol. The number of sulfonamides is 1. The molecule has 0 bridgehead atoms. The predicted molar refractivity (Wildman–Crippen MR) is 112 cm³/mol. The van der Waals surface area contributed by atoms with E-state index in [1.165, 1.54) is 4.31 Å². The zero-order valence-electron chi connectivity index (χ0n) is 17.0. The lowest BCUT2D eigenvalue weighted by Gasteiger charge is -2.31. The number of piperidine rings is 1. The van der Waals surface area contributed by atoms with Crippen LogP contribution < -0.4 is 5.32 Å². The maximum Gasteiger partial charge on any atom is 0.243 e. The molecule has 2 aromatic carbocycles. The lowest BCUT2D eigenvalue weighted by atomic mass is 9.97. The highest BCUT2D eigenvalue weighted by atomic mass is 32.2. The monoisotopic (exact) mass is 400 g/mol. The Morgan fingerprint density at radius 3 is 2.14 bits per heavy atom. The number of carbonyl (C=O) groups is 1. The van der Waals surface area contributed by atoms with Gasteiger partial charge in [-0.1, -0.05) is 29.8 Å². The largest absolute Gasteiger partial charge is 0.326 e. The first-order valence-electron chi connectivity index (χ1n) is 9.64. The number of benzene rings is 2. The number of rotatable bonds is 4. The minimum Gasteiger partial charge on any atom is -0.326 e. The van der Waals surface area contributed by atoms with E-state index >= 15 is 0 Å². The van der Waals surface area contributed by atoms with Crippen molar-refractivity contribution < 1.29 is 13.2 Å². The molecule has 6 heteroatoms. The lowest BCUT2D eigenvalue weighted by molar-refractivity contribution is -0.120. The summed E-state index contributed by atoms with van der Waals surface area (Å²) in [6, 6.07) is 11.5. The molecule has 1 saturated heterocycles. The van der Waals surface area contributed by atoms with Gasteiger partial charge < -0.3 is 5.32 Å². The summed E-state index contributed by atoms with van der Waals surface area (Å²) in [6.45, 7) is 8.36. The van der Waals surface area contributed by atoms with E-state index in [9.17, 15) is 13.2 Å². The van der Waals surface area contributed by atoms with Gasteiger partial charge in [-0.3, -0.25) is 4.79 Å². The molecule has 28 heavy (non-hydrogen) atoms. The number of nitrogens with one attached hydrogen (secondary N) is 1. The summed E-state index contributed by atoms with van der Waals surface area (Å²) in [4.78, 5) is 13.0. The van der Waals surface area contributed by atoms with Crippen LogP contribution in [0, 0.1) is 33.6 Å². The second kappa shape index (κ2) is 8.05. The van der Waals surface area contributed by atoms with Crippen molar-refractivity contribution >= 4 is 21.6 Å². The molecule has 1 N–H and O–H groups in total. The van der Waals surface area contributed by atoms with Gasteiger partial charge in [-0.2, -0.15) is 4.31 Å². The van der Waals surface area contributed by atoms with E-state index in [-0.39, 0.29) is 11.8 Å². The van der Waals surface area contributed by atoms with Gasteiger partial charge in [0.1, 0.15) is 0 Å². The van der Waals surface area contributed by atoms with E-state index in [1.54, 1.807) is 0 Å². The zero-order chi connectivity index (χ0) is 20.5. The Labute approximate surface area is 167 Å². The van der Waals surface area contributed by atoms with Crippen LogP contribution in [-0.2, 0) is 14.8 Å². The average molecular weight is 401 g/mol. The van der Waals surface area contributed by atoms with Crippen LogP contribution in [0.25, 0.3) is 0 Å². The number of aryl methyl sites for hydroxylation is 4. The SMILES string of the molecule is Cc1cccc(NC(=O)C2CCN(S(=O)(=O)c3c(C)cc(C)cc3C)CC2)c1. The molecular formula is C22H28N2O3S. The van der Waals surface area contributed by atoms with E-state index in [0.717, 1.165) is 27.9 Å². The first-order valence-corrected chi connectivity index (χ1v) is 11.1. The van der Waals surface area contributed by atoms with Gasteiger partial charge >= 0.3 is 0 Å². The highest BCUT2D eigenvalue weighted by Gasteiger charge is 2.33. The minimum atomic E-state index is -3.55. The lowest BCUT2D eigenvalue weighted by Crippen LogP contribution is -2.41. The number of hydrogen-bond acceptors (Lipinski definition) is 3. The summed E-state index contributed by atoms with van der Waals surface area (Å²) in [6.07, 6.45) is 1.06. The Morgan fingerprint density at radius 2 is 1.57 bits per heavy atom. The summed E-state index contributed by atoms with van der Waals surface area (Å²) < 4.78 is 27.9. The fourth-order valence-electron chi connectivity index (χ4n) is 4.03. The fraction of sp³-hybridized carbons (Fsp3) is 0.409. The van der Waals surface area contributed by atoms with Gasteiger partial charge in [0.15, 0.2) is 0 Å². The van der Waals surface area contributed by atoms with Crippen molar-refractivity contribution in [1.82, 2.24) is 4.31 Å². The predicted octanol–water partition coefficient (Wildman–Crippen LogP) is 3.96. The molecule has 0 aliphatic carbocycles. The Morgan fingerprint density at radius 1 is 0.964 bits per heavy atom. The Hall–Kier alpha value is -2.18. The molecule has 0 radical (unpaired) electrons. The van der Waals surface area contributed by atoms with Gasteiger partial charge in [0.2, 0.25) is 15.9 Å². The molecule has 150 valence electrons. The highest BCUT2D eigenvalue weighted by molar-refractivity contribution is 7.89. The van der Waals surface area contributed by atoms with Crippen molar-refractivity contribution in [3.05, 3.63) is 58.7 Å². The molecule has 0 aromatic heterocycles. The van der Waals surface area contributed by atoms with E-state index in [2.05, 4.69) is 5.32 Å². The van der Waals surface area contributed by atoms with Crippen LogP contribution in [0.1, 0.15) is 35.1 Å². The van der Waals surface area contributed by atoms with Crippen molar-refractivity contribution in [1.29, 1.82) is 0 Å². The van der Waals surface area contributed by atoms with Gasteiger partial charge in [-0.05, 0) is 69.4 Å². The van der Waals surface area contributed by atoms with E-state index < -0.39 is 10.0 Å². The minimum absolute atomic E-state index is 0.0367. The standard InChI is InChI=1S/C22H28N2O3S/c1-15-6-5-7-20(14-15)23-22(25)19-8-10-24(11-9-19)28(26,27)21-17(3)12-16(2)13-18(21)4/h5-7,12-14,19H,8-11H2,1-4H3,(H,23,25). The van der Waals surface area contributed by atoms with Crippen molar-refractivity contribution in [2.75, 3.05) is 18.4 Å². The molecule has 5 nitrogen and oxygen atoms in total. The third-order valence-corrected chi connectivity index (χ3v) is 7.52. The van der Waals surface area contributed by atoms with Crippen LogP contribution in [-0.4, -0.2) is 31.7 Å². The first kappa shape index (κ1) is 20.6. The first-order chi connectivity index (χ1) is 13.2. The topological polar surface area (TPSA) is 66.5 Å². The van der Waals surface area contributed by atoms with E-state index in [1.807, 2.05) is 64.1 Å². The van der Waals surface area contributed by atoms with Crippen molar-refractivity contribution in [3.8, 4) is 0 Å². The number of carbonyl (C=O) groups excluding carboxylic acids is 1. The quantitative estimate of drug-likeness (QED) is 0.845. The molecule has 2 aromatic rings. The zero-order valence-corrected chi connectivity index (χ0v) is 17.8. The van der Waals surface area contributed by atoms with Gasteiger partial charge in [-0.15, -0.1) is 0 Å². The summed E-state index contributed by atoms with van der Waals surface area (Å²) in [7, 11) is -3.55. The summed E-state index contributed by atoms with van der Waals surface area (Å²) in [5, 5.41) is 2.96. The van der Waals surface area contributed by atoms with Gasteiger partial charge in [0.05, 0.1) is 4.90 Å². The summed E-state index contributed by atoms with van der Waals surface area (Å²) in [5.41, 5.74) is 4.47. The molecule has 1 aliphatic rings. The molecule has 1 heterocycles. The van der Waals surface area contributed by atoms with E-state index in [4.69, 9.17) is 0 Å². The highest BCUT2D eigenvalue weighted by Crippen LogP contribution is 2.29. The molecule has 3 rings (SSSR count). The maximum atomic E-state index is 13.2. The molecule has 0 atom stereocenters. The second-order valence-corrected chi connectivity index (χ2v) is 9.64. The molecule has 1 amide bonds. The van der Waals surface area contributed by atoms with Crippen LogP contribution >= 0.6 is 0 Å². The molecule has 0 spiro atoms. The number of nitrogens with zero attached hydrogens (tertiary/aromatic N) is 1. The van der Waals surface area contributed by atoms with E-state index in [0.29, 0.717) is 30.8 Å². The van der Waals surface area contributed by atoms with Crippen molar-refractivity contribution in [3.63, 3.8) is 0 Å². The third-order valence-electron chi connectivity index (χ3n) is 5.31. The van der Waals surface area contributed by atoms with Crippen LogP contribution in [0.15, 0.2) is 41.3 Å². The van der Waals surface area contributed by atoms with Crippen LogP contribution in [0.2, 0.25) is 0 Å². The Kier molecular flexibility index (Phi) is 5.91. The van der Waals surface area contributed by atoms with Crippen molar-refractivity contribution in [2.24, 2.45) is 5.92 Å². The van der Waals surface area contributed by atoms with Gasteiger partial charge in [0, 0.05) is 24.7 Å². The van der Waals surface area contributed by atoms with Gasteiger partial charge in [0.25, 0.3) is 0 Å². The second-order valence-electron chi connectivity index (χ2n) is 7.76. The molecule has 0 saturated carbocycles. The molecule has 1 fully saturated rings. The van der Waals surface area contributed by atoms with Crippen LogP contribution in [0.3, 0.4) is 0 Å². The van der Waals surface area contributed by atoms with Crippen LogP contribution in [0.4, 0.5) is 5.69 Å². The smallest absolute Gasteiger partial charge is 0.243 e. The molecule has 1 aliphatic heterocycles. The van der Waals surface area contributed by atoms with Crippen LogP contribution in [0.5, 0.6) is 0 Å². The number of amides is 1. The molecule has 0 unspecified atom stereocenters. The van der Waals surface area contributed by atoms with Crippen molar-refractivity contribution in [2.45, 2.75) is 45.4 Å².